The van der Waals surface area contributed by atoms with E-state index in [1.54, 1.807) is 0 Å². The molecule has 2 heterocycles. The van der Waals surface area contributed by atoms with Gasteiger partial charge in [0.25, 0.3) is 0 Å². The number of anilines is 1. The van der Waals surface area contributed by atoms with Crippen molar-refractivity contribution in [2.75, 3.05) is 18.0 Å². The quantitative estimate of drug-likeness (QED) is 0.742. The van der Waals surface area contributed by atoms with Crippen molar-refractivity contribution in [3.63, 3.8) is 0 Å². The summed E-state index contributed by atoms with van der Waals surface area (Å²) in [5, 5.41) is 8.36. The van der Waals surface area contributed by atoms with Crippen LogP contribution in [0.15, 0.2) is 24.4 Å². The fourth-order valence-electron chi connectivity index (χ4n) is 2.17. The Balaban J connectivity index is 2.14. The summed E-state index contributed by atoms with van der Waals surface area (Å²) in [7, 11) is 0. The second-order valence-electron chi connectivity index (χ2n) is 3.81. The van der Waals surface area contributed by atoms with Gasteiger partial charge in [-0.1, -0.05) is 12.1 Å². The Bertz CT molecular complexity index is 440. The monoisotopic (exact) mass is 187 g/mol. The number of para-hydroxylation sites is 1. The molecule has 0 aliphatic carbocycles. The first-order chi connectivity index (χ1) is 6.95. The predicted molar refractivity (Wildman–Crippen MR) is 57.5 cm³/mol. The van der Waals surface area contributed by atoms with Gasteiger partial charge >= 0.3 is 0 Å². The van der Waals surface area contributed by atoms with Crippen molar-refractivity contribution in [1.82, 2.24) is 10.2 Å². The molecule has 3 rings (SSSR count). The van der Waals surface area contributed by atoms with Crippen molar-refractivity contribution in [3.05, 3.63) is 24.4 Å². The summed E-state index contributed by atoms with van der Waals surface area (Å²) in [4.78, 5) is 2.43. The molecule has 0 spiro atoms. The number of aromatic amines is 1. The van der Waals surface area contributed by atoms with E-state index in [0.29, 0.717) is 0 Å². The molecule has 1 aliphatic heterocycles. The van der Waals surface area contributed by atoms with E-state index in [-0.39, 0.29) is 0 Å². The molecular weight excluding hydrogens is 174 g/mol. The minimum atomic E-state index is 1.18. The molecule has 3 nitrogen and oxygen atoms in total. The third kappa shape index (κ3) is 1.09. The van der Waals surface area contributed by atoms with Crippen LogP contribution in [0.25, 0.3) is 10.9 Å². The van der Waals surface area contributed by atoms with Gasteiger partial charge in [0.2, 0.25) is 0 Å². The summed E-state index contributed by atoms with van der Waals surface area (Å²) in [6.45, 7) is 2.36. The number of H-pyrrole nitrogens is 1. The maximum absolute atomic E-state index is 4.08. The molecule has 3 heteroatoms. The smallest absolute Gasteiger partial charge is 0.0883 e. The maximum atomic E-state index is 4.08. The first kappa shape index (κ1) is 7.85. The fourth-order valence-corrected chi connectivity index (χ4v) is 2.17. The summed E-state index contributed by atoms with van der Waals surface area (Å²) in [6.07, 6.45) is 4.50. The average molecular weight is 187 g/mol. The van der Waals surface area contributed by atoms with Gasteiger partial charge in [0.15, 0.2) is 0 Å². The maximum Gasteiger partial charge on any atom is 0.0883 e. The van der Waals surface area contributed by atoms with E-state index in [0.717, 1.165) is 0 Å². The lowest BCUT2D eigenvalue weighted by Crippen LogP contribution is -2.17. The van der Waals surface area contributed by atoms with Gasteiger partial charge in [-0.05, 0) is 18.9 Å². The summed E-state index contributed by atoms with van der Waals surface area (Å²) >= 11 is 0. The highest BCUT2D eigenvalue weighted by atomic mass is 15.2. The van der Waals surface area contributed by atoms with Gasteiger partial charge in [-0.2, -0.15) is 5.10 Å². The summed E-state index contributed by atoms with van der Waals surface area (Å²) in [5.74, 6) is 0. The molecule has 1 aromatic carbocycles. The number of fused-ring (bicyclic) bond motifs is 1. The zero-order chi connectivity index (χ0) is 9.38. The topological polar surface area (TPSA) is 31.9 Å². The molecule has 0 unspecified atom stereocenters. The third-order valence-corrected chi connectivity index (χ3v) is 2.90. The van der Waals surface area contributed by atoms with Crippen LogP contribution in [0.5, 0.6) is 0 Å². The highest BCUT2D eigenvalue weighted by molar-refractivity contribution is 5.90. The van der Waals surface area contributed by atoms with E-state index in [4.69, 9.17) is 0 Å². The normalized spacial score (nSPS) is 16.7. The van der Waals surface area contributed by atoms with Gasteiger partial charge in [-0.15, -0.1) is 0 Å². The molecule has 2 aromatic rings. The predicted octanol–water partition coefficient (Wildman–Crippen LogP) is 2.16. The van der Waals surface area contributed by atoms with Gasteiger partial charge in [0, 0.05) is 18.5 Å². The average Bonchev–Trinajstić information content (AvgIpc) is 2.88. The van der Waals surface area contributed by atoms with Crippen LogP contribution >= 0.6 is 0 Å². The van der Waals surface area contributed by atoms with Crippen molar-refractivity contribution in [2.45, 2.75) is 12.8 Å². The van der Waals surface area contributed by atoms with Crippen molar-refractivity contribution < 1.29 is 0 Å². The molecule has 0 atom stereocenters. The van der Waals surface area contributed by atoms with E-state index >= 15 is 0 Å². The molecule has 1 N–H and O–H groups in total. The van der Waals surface area contributed by atoms with E-state index in [2.05, 4.69) is 33.3 Å². The zero-order valence-electron chi connectivity index (χ0n) is 8.03. The Morgan fingerprint density at radius 1 is 1.21 bits per heavy atom. The Labute approximate surface area is 82.7 Å². The molecule has 1 saturated heterocycles. The van der Waals surface area contributed by atoms with Crippen LogP contribution in [-0.4, -0.2) is 23.3 Å². The van der Waals surface area contributed by atoms with Gasteiger partial charge in [-0.3, -0.25) is 5.10 Å². The van der Waals surface area contributed by atoms with Crippen molar-refractivity contribution >= 4 is 16.6 Å². The fraction of sp³-hybridized carbons (Fsp3) is 0.364. The highest BCUT2D eigenvalue weighted by Crippen LogP contribution is 2.27. The number of nitrogens with one attached hydrogen (secondary N) is 1. The Kier molecular flexibility index (Phi) is 1.69. The lowest BCUT2D eigenvalue weighted by molar-refractivity contribution is 0.949. The molecule has 1 aliphatic rings. The van der Waals surface area contributed by atoms with E-state index in [1.807, 2.05) is 6.20 Å². The van der Waals surface area contributed by atoms with Crippen molar-refractivity contribution in [3.8, 4) is 0 Å². The standard InChI is InChI=1S/C11H13N3/c1-2-7-14(6-1)10-5-3-4-9-8-12-13-11(9)10/h3-5,8H,1-2,6-7H2,(H,12,13). The highest BCUT2D eigenvalue weighted by Gasteiger charge is 2.14. The van der Waals surface area contributed by atoms with Gasteiger partial charge in [-0.25, -0.2) is 0 Å². The minimum Gasteiger partial charge on any atom is -0.370 e. The van der Waals surface area contributed by atoms with Crippen molar-refractivity contribution in [1.29, 1.82) is 0 Å². The summed E-state index contributed by atoms with van der Waals surface area (Å²) in [6, 6.07) is 6.37. The molecular formula is C11H13N3. The van der Waals surface area contributed by atoms with Crippen molar-refractivity contribution in [2.24, 2.45) is 0 Å². The number of benzene rings is 1. The SMILES string of the molecule is c1cc(N2CCCC2)c2[nH]ncc2c1. The summed E-state index contributed by atoms with van der Waals surface area (Å²) < 4.78 is 0. The zero-order valence-corrected chi connectivity index (χ0v) is 8.03. The molecule has 0 saturated carbocycles. The second-order valence-corrected chi connectivity index (χ2v) is 3.81. The number of aromatic nitrogens is 2. The number of nitrogens with zero attached hydrogens (tertiary/aromatic N) is 2. The van der Waals surface area contributed by atoms with Crippen LogP contribution in [-0.2, 0) is 0 Å². The minimum absolute atomic E-state index is 1.18. The number of hydrogen-bond acceptors (Lipinski definition) is 2. The molecule has 0 radical (unpaired) electrons. The molecule has 72 valence electrons. The molecule has 1 aromatic heterocycles. The third-order valence-electron chi connectivity index (χ3n) is 2.90. The van der Waals surface area contributed by atoms with Crippen LogP contribution in [0.4, 0.5) is 5.69 Å². The molecule has 1 fully saturated rings. The van der Waals surface area contributed by atoms with E-state index in [9.17, 15) is 0 Å². The van der Waals surface area contributed by atoms with E-state index < -0.39 is 0 Å². The van der Waals surface area contributed by atoms with Crippen LogP contribution < -0.4 is 4.90 Å². The van der Waals surface area contributed by atoms with Crippen LogP contribution in [0, 0.1) is 0 Å². The van der Waals surface area contributed by atoms with Gasteiger partial charge in [0.05, 0.1) is 17.4 Å². The largest absolute Gasteiger partial charge is 0.370 e. The number of hydrogen-bond donors (Lipinski definition) is 1. The van der Waals surface area contributed by atoms with Crippen LogP contribution in [0.2, 0.25) is 0 Å². The lowest BCUT2D eigenvalue weighted by Gasteiger charge is -2.17. The van der Waals surface area contributed by atoms with Crippen LogP contribution in [0.1, 0.15) is 12.8 Å². The number of rotatable bonds is 1. The van der Waals surface area contributed by atoms with E-state index in [1.165, 1.54) is 42.5 Å². The first-order valence-corrected chi connectivity index (χ1v) is 5.12. The Hall–Kier alpha value is -1.51. The van der Waals surface area contributed by atoms with Crippen LogP contribution in [0.3, 0.4) is 0 Å². The summed E-state index contributed by atoms with van der Waals surface area (Å²) in [5.41, 5.74) is 2.48. The molecule has 14 heavy (non-hydrogen) atoms. The molecule has 0 amide bonds. The Morgan fingerprint density at radius 2 is 2.07 bits per heavy atom. The second kappa shape index (κ2) is 3.01. The lowest BCUT2D eigenvalue weighted by atomic mass is 10.2. The molecule has 0 bridgehead atoms. The Morgan fingerprint density at radius 3 is 2.93 bits per heavy atom. The van der Waals surface area contributed by atoms with Gasteiger partial charge < -0.3 is 4.90 Å². The first-order valence-electron chi connectivity index (χ1n) is 5.12. The van der Waals surface area contributed by atoms with Gasteiger partial charge in [0.1, 0.15) is 0 Å².